The summed E-state index contributed by atoms with van der Waals surface area (Å²) in [4.78, 5) is 25.2. The van der Waals surface area contributed by atoms with Crippen LogP contribution in [-0.4, -0.2) is 17.6 Å². The number of furan rings is 1. The predicted octanol–water partition coefficient (Wildman–Crippen LogP) is 5.89. The van der Waals surface area contributed by atoms with Crippen molar-refractivity contribution in [3.05, 3.63) is 86.3 Å². The number of ether oxygens (including phenoxy) is 1. The number of esters is 1. The van der Waals surface area contributed by atoms with Gasteiger partial charge in [0.2, 0.25) is 5.76 Å². The Kier molecular flexibility index (Phi) is 6.35. The first-order valence-electron chi connectivity index (χ1n) is 10.1. The van der Waals surface area contributed by atoms with Gasteiger partial charge in [-0.1, -0.05) is 23.2 Å². The molecule has 0 unspecified atom stereocenters. The number of halogens is 2. The highest BCUT2D eigenvalue weighted by Gasteiger charge is 2.29. The number of aryl methyl sites for hydroxylation is 2. The van der Waals surface area contributed by atoms with Crippen molar-refractivity contribution in [1.29, 1.82) is 0 Å². The van der Waals surface area contributed by atoms with Gasteiger partial charge < -0.3 is 9.15 Å². The molecule has 2 aromatic carbocycles. The van der Waals surface area contributed by atoms with Crippen molar-refractivity contribution in [2.75, 3.05) is 0 Å². The van der Waals surface area contributed by atoms with Gasteiger partial charge in [0.1, 0.15) is 11.5 Å². The third-order valence-corrected chi connectivity index (χ3v) is 5.93. The first-order chi connectivity index (χ1) is 15.3. The molecule has 8 heteroatoms. The van der Waals surface area contributed by atoms with E-state index in [9.17, 15) is 9.59 Å². The molecule has 0 saturated heterocycles. The molecule has 0 fully saturated rings. The third-order valence-electron chi connectivity index (χ3n) is 5.25. The van der Waals surface area contributed by atoms with Crippen LogP contribution >= 0.6 is 23.2 Å². The molecule has 1 heterocycles. The molecule has 164 valence electrons. The maximum Gasteiger partial charge on any atom is 0.379 e. The lowest BCUT2D eigenvalue weighted by Gasteiger charge is -2.13. The maximum absolute atomic E-state index is 12.8. The standard InChI is InChI=1S/C24H20Cl2N2O4/c1-13-12-17(10-11-18(13)26)31-24(30)22-14(2)21-19(4-3-5-20(21)32-22)27-28-23(29)15-6-8-16(25)9-7-15/h6-12H,3-5H2,1-2H3,(H,28,29)/b27-19+. The molecule has 4 rings (SSSR count). The highest BCUT2D eigenvalue weighted by atomic mass is 35.5. The van der Waals surface area contributed by atoms with Crippen LogP contribution in [0.3, 0.4) is 0 Å². The molecule has 0 bridgehead atoms. The van der Waals surface area contributed by atoms with E-state index >= 15 is 0 Å². The lowest BCUT2D eigenvalue weighted by molar-refractivity contribution is 0.0698. The maximum atomic E-state index is 12.8. The van der Waals surface area contributed by atoms with E-state index in [0.29, 0.717) is 51.2 Å². The normalized spacial score (nSPS) is 14.2. The van der Waals surface area contributed by atoms with Crippen LogP contribution in [0.2, 0.25) is 10.0 Å². The largest absolute Gasteiger partial charge is 0.453 e. The number of fused-ring (bicyclic) bond motifs is 1. The number of hydrazone groups is 1. The Morgan fingerprint density at radius 1 is 1.06 bits per heavy atom. The van der Waals surface area contributed by atoms with Crippen LogP contribution in [0.25, 0.3) is 0 Å². The van der Waals surface area contributed by atoms with Crippen molar-refractivity contribution in [3.8, 4) is 5.75 Å². The minimum atomic E-state index is -0.594. The molecule has 3 aromatic rings. The molecule has 6 nitrogen and oxygen atoms in total. The number of amides is 1. The van der Waals surface area contributed by atoms with E-state index in [1.165, 1.54) is 0 Å². The molecule has 32 heavy (non-hydrogen) atoms. The van der Waals surface area contributed by atoms with E-state index in [4.69, 9.17) is 32.4 Å². The molecular formula is C24H20Cl2N2O4. The van der Waals surface area contributed by atoms with Crippen LogP contribution in [0.4, 0.5) is 0 Å². The number of carbonyl (C=O) groups excluding carboxylic acids is 2. The summed E-state index contributed by atoms with van der Waals surface area (Å²) in [6, 6.07) is 11.5. The zero-order chi connectivity index (χ0) is 22.8. The van der Waals surface area contributed by atoms with Crippen LogP contribution in [0.15, 0.2) is 52.0 Å². The molecule has 1 aliphatic carbocycles. The number of nitrogens with zero attached hydrogens (tertiary/aromatic N) is 1. The molecule has 0 spiro atoms. The van der Waals surface area contributed by atoms with Gasteiger partial charge in [0.25, 0.3) is 5.91 Å². The Morgan fingerprint density at radius 2 is 1.81 bits per heavy atom. The lowest BCUT2D eigenvalue weighted by atomic mass is 9.93. The number of rotatable bonds is 4. The average molecular weight is 471 g/mol. The van der Waals surface area contributed by atoms with E-state index in [-0.39, 0.29) is 11.7 Å². The second-order valence-electron chi connectivity index (χ2n) is 7.51. The summed E-state index contributed by atoms with van der Waals surface area (Å²) in [5.74, 6) is 0.229. The first kappa shape index (κ1) is 22.1. The Morgan fingerprint density at radius 3 is 2.53 bits per heavy atom. The number of nitrogens with one attached hydrogen (secondary N) is 1. The summed E-state index contributed by atoms with van der Waals surface area (Å²) in [6.07, 6.45) is 2.12. The molecule has 0 radical (unpaired) electrons. The molecule has 0 atom stereocenters. The summed E-state index contributed by atoms with van der Waals surface area (Å²) >= 11 is 11.9. The summed E-state index contributed by atoms with van der Waals surface area (Å²) < 4.78 is 11.3. The fraction of sp³-hybridized carbons (Fsp3) is 0.208. The lowest BCUT2D eigenvalue weighted by Crippen LogP contribution is -2.22. The summed E-state index contributed by atoms with van der Waals surface area (Å²) in [5, 5.41) is 5.46. The summed E-state index contributed by atoms with van der Waals surface area (Å²) in [6.45, 7) is 3.62. The molecule has 1 aliphatic rings. The molecule has 1 aromatic heterocycles. The van der Waals surface area contributed by atoms with Gasteiger partial charge >= 0.3 is 5.97 Å². The predicted molar refractivity (Wildman–Crippen MR) is 123 cm³/mol. The van der Waals surface area contributed by atoms with Gasteiger partial charge in [0.05, 0.1) is 5.71 Å². The Balaban J connectivity index is 1.56. The smallest absolute Gasteiger partial charge is 0.379 e. The zero-order valence-electron chi connectivity index (χ0n) is 17.5. The number of carbonyl (C=O) groups is 2. The Hall–Kier alpha value is -3.09. The Bertz CT molecular complexity index is 1230. The SMILES string of the molecule is Cc1cc(OC(=O)c2oc3c(c2C)/C(=N/NC(=O)c2ccc(Cl)cc2)CCC3)ccc1Cl. The van der Waals surface area contributed by atoms with Crippen LogP contribution in [-0.2, 0) is 6.42 Å². The first-order valence-corrected chi connectivity index (χ1v) is 10.8. The van der Waals surface area contributed by atoms with Gasteiger partial charge in [0.15, 0.2) is 0 Å². The minimum Gasteiger partial charge on any atom is -0.453 e. The van der Waals surface area contributed by atoms with Crippen LogP contribution in [0.5, 0.6) is 5.75 Å². The van der Waals surface area contributed by atoms with E-state index in [0.717, 1.165) is 17.5 Å². The molecule has 1 amide bonds. The molecular weight excluding hydrogens is 451 g/mol. The number of benzene rings is 2. The Labute approximate surface area is 195 Å². The van der Waals surface area contributed by atoms with Crippen LogP contribution in [0.1, 0.15) is 56.2 Å². The van der Waals surface area contributed by atoms with Gasteiger partial charge in [-0.05, 0) is 74.7 Å². The second-order valence-corrected chi connectivity index (χ2v) is 8.36. The zero-order valence-corrected chi connectivity index (χ0v) is 19.0. The summed E-state index contributed by atoms with van der Waals surface area (Å²) in [5.41, 5.74) is 5.87. The topological polar surface area (TPSA) is 80.9 Å². The van der Waals surface area contributed by atoms with Crippen LogP contribution in [0, 0.1) is 13.8 Å². The van der Waals surface area contributed by atoms with Gasteiger partial charge in [-0.2, -0.15) is 5.10 Å². The highest BCUT2D eigenvalue weighted by molar-refractivity contribution is 6.31. The molecule has 0 saturated carbocycles. The van der Waals surface area contributed by atoms with E-state index < -0.39 is 5.97 Å². The van der Waals surface area contributed by atoms with Crippen molar-refractivity contribution < 1.29 is 18.7 Å². The summed E-state index contributed by atoms with van der Waals surface area (Å²) in [7, 11) is 0. The minimum absolute atomic E-state index is 0.126. The quantitative estimate of drug-likeness (QED) is 0.292. The second kappa shape index (κ2) is 9.18. The van der Waals surface area contributed by atoms with E-state index in [2.05, 4.69) is 10.5 Å². The fourth-order valence-electron chi connectivity index (χ4n) is 3.59. The van der Waals surface area contributed by atoms with Crippen molar-refractivity contribution in [1.82, 2.24) is 5.43 Å². The van der Waals surface area contributed by atoms with Gasteiger partial charge in [-0.25, -0.2) is 10.2 Å². The van der Waals surface area contributed by atoms with Crippen molar-refractivity contribution in [3.63, 3.8) is 0 Å². The van der Waals surface area contributed by atoms with Gasteiger partial charge in [-0.15, -0.1) is 0 Å². The number of hydrogen-bond acceptors (Lipinski definition) is 5. The average Bonchev–Trinajstić information content (AvgIpc) is 3.12. The monoisotopic (exact) mass is 470 g/mol. The van der Waals surface area contributed by atoms with Crippen molar-refractivity contribution in [2.45, 2.75) is 33.1 Å². The number of hydrogen-bond donors (Lipinski definition) is 1. The van der Waals surface area contributed by atoms with E-state index in [1.54, 1.807) is 49.4 Å². The van der Waals surface area contributed by atoms with Gasteiger partial charge in [-0.3, -0.25) is 4.79 Å². The van der Waals surface area contributed by atoms with Crippen molar-refractivity contribution in [2.24, 2.45) is 5.10 Å². The third kappa shape index (κ3) is 4.56. The van der Waals surface area contributed by atoms with Crippen molar-refractivity contribution >= 4 is 40.8 Å². The van der Waals surface area contributed by atoms with E-state index in [1.807, 2.05) is 6.92 Å². The molecule has 1 N–H and O–H groups in total. The van der Waals surface area contributed by atoms with Gasteiger partial charge in [0, 0.05) is 33.2 Å². The van der Waals surface area contributed by atoms with Crippen LogP contribution < -0.4 is 10.2 Å². The fourth-order valence-corrected chi connectivity index (χ4v) is 3.84. The highest BCUT2D eigenvalue weighted by Crippen LogP contribution is 2.31. The molecule has 0 aliphatic heterocycles.